The second kappa shape index (κ2) is 11.2. The Morgan fingerprint density at radius 1 is 1.03 bits per heavy atom. The number of carbonyl (C=O) groups is 1. The molecule has 0 saturated heterocycles. The first-order valence-electron chi connectivity index (χ1n) is 9.78. The van der Waals surface area contributed by atoms with Gasteiger partial charge in [0.1, 0.15) is 0 Å². The van der Waals surface area contributed by atoms with Gasteiger partial charge in [-0.05, 0) is 55.6 Å². The first kappa shape index (κ1) is 24.7. The largest absolute Gasteiger partial charge is 0.478 e. The molecule has 0 atom stereocenters. The normalized spacial score (nSPS) is 11.4. The molecule has 166 valence electrons. The van der Waals surface area contributed by atoms with Crippen LogP contribution < -0.4 is 5.73 Å². The number of halogens is 1. The average Bonchev–Trinajstić information content (AvgIpc) is 2.75. The second-order valence-electron chi connectivity index (χ2n) is 7.00. The Hall–Kier alpha value is -2.52. The van der Waals surface area contributed by atoms with Gasteiger partial charge in [-0.2, -0.15) is 4.31 Å². The highest BCUT2D eigenvalue weighted by Gasteiger charge is 2.25. The third-order valence-electron chi connectivity index (χ3n) is 4.94. The molecule has 7 nitrogen and oxygen atoms in total. The molecule has 3 aromatic rings. The van der Waals surface area contributed by atoms with E-state index in [2.05, 4.69) is 4.98 Å². The number of carboxylic acids is 1. The molecule has 0 amide bonds. The lowest BCUT2D eigenvalue weighted by molar-refractivity contribution is 0.0697. The van der Waals surface area contributed by atoms with Gasteiger partial charge in [-0.15, -0.1) is 12.4 Å². The zero-order valence-electron chi connectivity index (χ0n) is 17.0. The van der Waals surface area contributed by atoms with E-state index in [1.807, 2.05) is 6.07 Å². The predicted molar refractivity (Wildman–Crippen MR) is 123 cm³/mol. The van der Waals surface area contributed by atoms with Crippen molar-refractivity contribution in [1.82, 2.24) is 9.29 Å². The maximum atomic E-state index is 13.4. The van der Waals surface area contributed by atoms with Gasteiger partial charge < -0.3 is 10.8 Å². The van der Waals surface area contributed by atoms with E-state index in [0.717, 1.165) is 10.9 Å². The predicted octanol–water partition coefficient (Wildman–Crippen LogP) is 3.33. The number of nitrogens with two attached hydrogens (primary N) is 1. The third-order valence-corrected chi connectivity index (χ3v) is 6.90. The number of hydrogen-bond donors (Lipinski definition) is 2. The molecule has 2 aromatic carbocycles. The maximum absolute atomic E-state index is 13.4. The van der Waals surface area contributed by atoms with E-state index >= 15 is 0 Å². The lowest BCUT2D eigenvalue weighted by atomic mass is 10.1. The standard InChI is InChI=1S/C22H25N3O4S.ClH/c23-12-3-15-25(14-2-4-17-7-9-18(10-8-17)22(26)27)30(28,29)21-6-1-5-19-16-24-13-11-20(19)21;/h1,5-11,13,16H,2-4,12,14-15,23H2,(H,26,27);1H. The minimum Gasteiger partial charge on any atom is -0.478 e. The van der Waals surface area contributed by atoms with Crippen LogP contribution >= 0.6 is 12.4 Å². The van der Waals surface area contributed by atoms with E-state index in [4.69, 9.17) is 10.8 Å². The monoisotopic (exact) mass is 463 g/mol. The summed E-state index contributed by atoms with van der Waals surface area (Å²) >= 11 is 0. The number of hydrogen-bond acceptors (Lipinski definition) is 5. The van der Waals surface area contributed by atoms with E-state index in [-0.39, 0.29) is 22.9 Å². The fraction of sp³-hybridized carbons (Fsp3) is 0.273. The maximum Gasteiger partial charge on any atom is 0.335 e. The Morgan fingerprint density at radius 2 is 1.74 bits per heavy atom. The molecule has 1 heterocycles. The van der Waals surface area contributed by atoms with Crippen molar-refractivity contribution in [2.75, 3.05) is 19.6 Å². The van der Waals surface area contributed by atoms with Crippen LogP contribution in [0.25, 0.3) is 10.8 Å². The Labute approximate surface area is 188 Å². The number of rotatable bonds is 10. The Morgan fingerprint density at radius 3 is 2.42 bits per heavy atom. The summed E-state index contributed by atoms with van der Waals surface area (Å²) in [6, 6.07) is 13.6. The van der Waals surface area contributed by atoms with Crippen molar-refractivity contribution in [2.24, 2.45) is 5.73 Å². The van der Waals surface area contributed by atoms with Gasteiger partial charge >= 0.3 is 5.97 Å². The Kier molecular flexibility index (Phi) is 8.94. The summed E-state index contributed by atoms with van der Waals surface area (Å²) in [5.41, 5.74) is 6.83. The molecule has 0 unspecified atom stereocenters. The number of nitrogens with zero attached hydrogens (tertiary/aromatic N) is 2. The lowest BCUT2D eigenvalue weighted by Crippen LogP contribution is -2.34. The second-order valence-corrected chi connectivity index (χ2v) is 8.91. The van der Waals surface area contributed by atoms with Crippen molar-refractivity contribution >= 4 is 39.2 Å². The summed E-state index contributed by atoms with van der Waals surface area (Å²) < 4.78 is 28.3. The van der Waals surface area contributed by atoms with Crippen LogP contribution in [0.4, 0.5) is 0 Å². The van der Waals surface area contributed by atoms with Crippen LogP contribution in [0.5, 0.6) is 0 Å². The Bertz CT molecular complexity index is 1120. The number of aryl methyl sites for hydroxylation is 1. The van der Waals surface area contributed by atoms with Gasteiger partial charge in [-0.25, -0.2) is 13.2 Å². The molecule has 9 heteroatoms. The number of pyridine rings is 1. The molecule has 0 aliphatic rings. The first-order valence-corrected chi connectivity index (χ1v) is 11.2. The summed E-state index contributed by atoms with van der Waals surface area (Å²) in [4.78, 5) is 15.3. The fourth-order valence-electron chi connectivity index (χ4n) is 3.35. The summed E-state index contributed by atoms with van der Waals surface area (Å²) in [6.45, 7) is 1.10. The van der Waals surface area contributed by atoms with Crippen LogP contribution in [0.3, 0.4) is 0 Å². The zero-order valence-corrected chi connectivity index (χ0v) is 18.6. The van der Waals surface area contributed by atoms with Gasteiger partial charge in [0.05, 0.1) is 10.5 Å². The van der Waals surface area contributed by atoms with Gasteiger partial charge in [0.25, 0.3) is 0 Å². The molecule has 0 fully saturated rings. The van der Waals surface area contributed by atoms with Crippen molar-refractivity contribution in [3.8, 4) is 0 Å². The third kappa shape index (κ3) is 6.01. The highest BCUT2D eigenvalue weighted by Crippen LogP contribution is 2.25. The van der Waals surface area contributed by atoms with E-state index in [9.17, 15) is 13.2 Å². The van der Waals surface area contributed by atoms with Gasteiger partial charge in [0, 0.05) is 36.3 Å². The van der Waals surface area contributed by atoms with Crippen LogP contribution in [0.15, 0.2) is 65.8 Å². The van der Waals surface area contributed by atoms with Crippen LogP contribution in [-0.4, -0.2) is 48.4 Å². The van der Waals surface area contributed by atoms with Gasteiger partial charge in [0.15, 0.2) is 0 Å². The quantitative estimate of drug-likeness (QED) is 0.476. The average molecular weight is 464 g/mol. The van der Waals surface area contributed by atoms with Crippen LogP contribution in [-0.2, 0) is 16.4 Å². The lowest BCUT2D eigenvalue weighted by Gasteiger charge is -2.23. The van der Waals surface area contributed by atoms with E-state index in [0.29, 0.717) is 44.3 Å². The minimum atomic E-state index is -3.70. The van der Waals surface area contributed by atoms with Crippen molar-refractivity contribution in [2.45, 2.75) is 24.2 Å². The van der Waals surface area contributed by atoms with E-state index < -0.39 is 16.0 Å². The summed E-state index contributed by atoms with van der Waals surface area (Å²) in [6.07, 6.45) is 5.07. The molecule has 3 rings (SSSR count). The SMILES string of the molecule is Cl.NCCCN(CCCc1ccc(C(=O)O)cc1)S(=O)(=O)c1cccc2cnccc12. The number of benzene rings is 2. The van der Waals surface area contributed by atoms with Gasteiger partial charge in [-0.1, -0.05) is 24.3 Å². The molecule has 0 aliphatic heterocycles. The molecule has 0 aliphatic carbocycles. The molecule has 0 spiro atoms. The molecule has 1 aromatic heterocycles. The molecule has 0 bridgehead atoms. The van der Waals surface area contributed by atoms with Crippen molar-refractivity contribution < 1.29 is 18.3 Å². The number of fused-ring (bicyclic) bond motifs is 1. The van der Waals surface area contributed by atoms with Crippen LogP contribution in [0.1, 0.15) is 28.8 Å². The van der Waals surface area contributed by atoms with E-state index in [1.54, 1.807) is 54.9 Å². The van der Waals surface area contributed by atoms with Crippen molar-refractivity contribution in [3.05, 3.63) is 72.1 Å². The number of sulfonamides is 1. The number of carboxylic acid groups (broad SMARTS) is 1. The highest BCUT2D eigenvalue weighted by atomic mass is 35.5. The molecular weight excluding hydrogens is 438 g/mol. The number of aromatic carboxylic acids is 1. The smallest absolute Gasteiger partial charge is 0.335 e. The first-order chi connectivity index (χ1) is 14.4. The van der Waals surface area contributed by atoms with E-state index in [1.165, 1.54) is 4.31 Å². The van der Waals surface area contributed by atoms with Crippen molar-refractivity contribution in [3.63, 3.8) is 0 Å². The van der Waals surface area contributed by atoms with Gasteiger partial charge in [-0.3, -0.25) is 4.98 Å². The summed E-state index contributed by atoms with van der Waals surface area (Å²) in [5.74, 6) is -0.967. The fourth-order valence-corrected chi connectivity index (χ4v) is 5.08. The van der Waals surface area contributed by atoms with Crippen LogP contribution in [0.2, 0.25) is 0 Å². The highest BCUT2D eigenvalue weighted by molar-refractivity contribution is 7.89. The molecule has 0 radical (unpaired) electrons. The van der Waals surface area contributed by atoms with Crippen molar-refractivity contribution in [1.29, 1.82) is 0 Å². The summed E-state index contributed by atoms with van der Waals surface area (Å²) in [5, 5.41) is 10.4. The summed E-state index contributed by atoms with van der Waals surface area (Å²) in [7, 11) is -3.70. The van der Waals surface area contributed by atoms with Gasteiger partial charge in [0.2, 0.25) is 10.0 Å². The molecular formula is C22H26ClN3O4S. The topological polar surface area (TPSA) is 114 Å². The minimum absolute atomic E-state index is 0. The van der Waals surface area contributed by atoms with Crippen LogP contribution in [0, 0.1) is 0 Å². The molecule has 31 heavy (non-hydrogen) atoms. The number of aromatic nitrogens is 1. The molecule has 0 saturated carbocycles. The zero-order chi connectivity index (χ0) is 21.6. The molecule has 3 N–H and O–H groups in total. The Balaban J connectivity index is 0.00000341.